The molecule has 0 saturated carbocycles. The van der Waals surface area contributed by atoms with E-state index in [2.05, 4.69) is 5.32 Å². The van der Waals surface area contributed by atoms with Gasteiger partial charge in [-0.2, -0.15) is 0 Å². The first kappa shape index (κ1) is 15.5. The van der Waals surface area contributed by atoms with Crippen molar-refractivity contribution in [1.82, 2.24) is 0 Å². The van der Waals surface area contributed by atoms with E-state index in [0.717, 1.165) is 12.2 Å². The number of amides is 1. The molecule has 6 heteroatoms. The van der Waals surface area contributed by atoms with Crippen molar-refractivity contribution >= 4 is 29.3 Å². The summed E-state index contributed by atoms with van der Waals surface area (Å²) in [7, 11) is 0. The molecule has 0 spiro atoms. The molecule has 1 N–H and O–H groups in total. The highest BCUT2D eigenvalue weighted by Gasteiger charge is 2.15. The number of furan rings is 1. The summed E-state index contributed by atoms with van der Waals surface area (Å²) in [6.45, 7) is 3.00. The second-order valence-electron chi connectivity index (χ2n) is 5.10. The second-order valence-corrected chi connectivity index (χ2v) is 5.51. The highest BCUT2D eigenvalue weighted by molar-refractivity contribution is 6.34. The molecular weight excluding hydrogens is 318 g/mol. The molecule has 0 saturated heterocycles. The number of benzene rings is 1. The first-order chi connectivity index (χ1) is 11.1. The fraction of sp³-hybridized carbons (Fsp3) is 0.235. The summed E-state index contributed by atoms with van der Waals surface area (Å²) in [5.41, 5.74) is 0.473. The lowest BCUT2D eigenvalue weighted by Gasteiger charge is -2.11. The molecule has 23 heavy (non-hydrogen) atoms. The molecular formula is C17H16ClNO4. The van der Waals surface area contributed by atoms with Crippen molar-refractivity contribution < 1.29 is 18.7 Å². The summed E-state index contributed by atoms with van der Waals surface area (Å²) < 4.78 is 16.5. The maximum absolute atomic E-state index is 12.0. The van der Waals surface area contributed by atoms with E-state index in [1.54, 1.807) is 24.3 Å². The van der Waals surface area contributed by atoms with E-state index in [1.165, 1.54) is 6.08 Å². The molecule has 5 nitrogen and oxygen atoms in total. The number of hydrogen-bond donors (Lipinski definition) is 1. The molecule has 1 aliphatic heterocycles. The number of carbonyl (C=O) groups is 1. The standard InChI is InChI=1S/C17H16ClNO4/c1-11-3-4-12(23-11)5-6-17(20)19-14-10-16-15(9-13(14)18)21-7-2-8-22-16/h3-6,9-10H,2,7-8H2,1H3,(H,19,20)/b6-5+. The molecule has 1 aromatic carbocycles. The van der Waals surface area contributed by atoms with Gasteiger partial charge in [-0.05, 0) is 25.1 Å². The number of ether oxygens (including phenoxy) is 2. The monoisotopic (exact) mass is 333 g/mol. The van der Waals surface area contributed by atoms with Crippen LogP contribution in [0.5, 0.6) is 11.5 Å². The Morgan fingerprint density at radius 1 is 1.22 bits per heavy atom. The predicted octanol–water partition coefficient (Wildman–Crippen LogP) is 4.05. The van der Waals surface area contributed by atoms with Crippen LogP contribution in [0.4, 0.5) is 5.69 Å². The van der Waals surface area contributed by atoms with E-state index in [1.807, 2.05) is 13.0 Å². The van der Waals surface area contributed by atoms with Crippen molar-refractivity contribution in [2.24, 2.45) is 0 Å². The molecule has 1 amide bonds. The van der Waals surface area contributed by atoms with Crippen molar-refractivity contribution in [2.75, 3.05) is 18.5 Å². The quantitative estimate of drug-likeness (QED) is 0.861. The van der Waals surface area contributed by atoms with Gasteiger partial charge in [0.05, 0.1) is 23.9 Å². The van der Waals surface area contributed by atoms with Gasteiger partial charge in [-0.15, -0.1) is 0 Å². The number of aryl methyl sites for hydroxylation is 1. The second kappa shape index (κ2) is 6.79. The Morgan fingerprint density at radius 2 is 1.96 bits per heavy atom. The van der Waals surface area contributed by atoms with Crippen molar-refractivity contribution in [3.05, 3.63) is 46.9 Å². The third-order valence-electron chi connectivity index (χ3n) is 3.26. The smallest absolute Gasteiger partial charge is 0.248 e. The summed E-state index contributed by atoms with van der Waals surface area (Å²) in [4.78, 5) is 12.0. The molecule has 0 atom stereocenters. The van der Waals surface area contributed by atoms with Crippen LogP contribution in [0.3, 0.4) is 0 Å². The lowest BCUT2D eigenvalue weighted by atomic mass is 10.2. The molecule has 2 heterocycles. The largest absolute Gasteiger partial charge is 0.490 e. The van der Waals surface area contributed by atoms with Crippen LogP contribution in [0.15, 0.2) is 34.8 Å². The van der Waals surface area contributed by atoms with E-state index in [0.29, 0.717) is 41.2 Å². The van der Waals surface area contributed by atoms with Crippen LogP contribution in [-0.2, 0) is 4.79 Å². The summed E-state index contributed by atoms with van der Waals surface area (Å²) in [6.07, 6.45) is 3.79. The normalized spacial score (nSPS) is 13.8. The Kier molecular flexibility index (Phi) is 4.57. The van der Waals surface area contributed by atoms with E-state index in [-0.39, 0.29) is 5.91 Å². The number of fused-ring (bicyclic) bond motifs is 1. The van der Waals surface area contributed by atoms with Gasteiger partial charge in [0.15, 0.2) is 11.5 Å². The van der Waals surface area contributed by atoms with Gasteiger partial charge in [0.25, 0.3) is 0 Å². The fourth-order valence-corrected chi connectivity index (χ4v) is 2.36. The minimum Gasteiger partial charge on any atom is -0.490 e. The number of rotatable bonds is 3. The van der Waals surface area contributed by atoms with Crippen molar-refractivity contribution in [3.8, 4) is 11.5 Å². The van der Waals surface area contributed by atoms with Gasteiger partial charge in [-0.25, -0.2) is 0 Å². The molecule has 0 aliphatic carbocycles. The Labute approximate surface area is 138 Å². The highest BCUT2D eigenvalue weighted by atomic mass is 35.5. The zero-order chi connectivity index (χ0) is 16.2. The number of anilines is 1. The third kappa shape index (κ3) is 3.87. The molecule has 0 fully saturated rings. The molecule has 0 radical (unpaired) electrons. The van der Waals surface area contributed by atoms with E-state index in [9.17, 15) is 4.79 Å². The Bertz CT molecular complexity index is 751. The zero-order valence-corrected chi connectivity index (χ0v) is 13.4. The van der Waals surface area contributed by atoms with Crippen molar-refractivity contribution in [2.45, 2.75) is 13.3 Å². The molecule has 1 aromatic heterocycles. The number of nitrogens with one attached hydrogen (secondary N) is 1. The number of halogens is 1. The van der Waals surface area contributed by atoms with Crippen LogP contribution < -0.4 is 14.8 Å². The average molecular weight is 334 g/mol. The summed E-state index contributed by atoms with van der Waals surface area (Å²) in [5.74, 6) is 2.26. The Morgan fingerprint density at radius 3 is 2.65 bits per heavy atom. The Balaban J connectivity index is 1.73. The first-order valence-electron chi connectivity index (χ1n) is 7.26. The van der Waals surface area contributed by atoms with E-state index >= 15 is 0 Å². The minimum absolute atomic E-state index is 0.310. The molecule has 0 unspecified atom stereocenters. The van der Waals surface area contributed by atoms with Crippen LogP contribution in [0.1, 0.15) is 17.9 Å². The lowest BCUT2D eigenvalue weighted by Crippen LogP contribution is -2.08. The van der Waals surface area contributed by atoms with Gasteiger partial charge < -0.3 is 19.2 Å². The van der Waals surface area contributed by atoms with Crippen molar-refractivity contribution in [3.63, 3.8) is 0 Å². The topological polar surface area (TPSA) is 60.7 Å². The SMILES string of the molecule is Cc1ccc(/C=C/C(=O)Nc2cc3c(cc2Cl)OCCCO3)o1. The third-order valence-corrected chi connectivity index (χ3v) is 3.57. The highest BCUT2D eigenvalue weighted by Crippen LogP contribution is 2.37. The van der Waals surface area contributed by atoms with E-state index < -0.39 is 0 Å². The van der Waals surface area contributed by atoms with Crippen LogP contribution in [0.2, 0.25) is 5.02 Å². The number of carbonyl (C=O) groups excluding carboxylic acids is 1. The zero-order valence-electron chi connectivity index (χ0n) is 12.6. The maximum Gasteiger partial charge on any atom is 0.248 e. The average Bonchev–Trinajstić information content (AvgIpc) is 2.80. The van der Waals surface area contributed by atoms with Gasteiger partial charge >= 0.3 is 0 Å². The predicted molar refractivity (Wildman–Crippen MR) is 88.2 cm³/mol. The molecule has 2 aromatic rings. The molecule has 120 valence electrons. The van der Waals surface area contributed by atoms with Crippen molar-refractivity contribution in [1.29, 1.82) is 0 Å². The summed E-state index contributed by atoms with van der Waals surface area (Å²) in [6, 6.07) is 6.95. The van der Waals surface area contributed by atoms with Crippen LogP contribution >= 0.6 is 11.6 Å². The number of hydrogen-bond acceptors (Lipinski definition) is 4. The van der Waals surface area contributed by atoms with Crippen LogP contribution in [0.25, 0.3) is 6.08 Å². The molecule has 0 bridgehead atoms. The fourth-order valence-electron chi connectivity index (χ4n) is 2.15. The van der Waals surface area contributed by atoms with Crippen LogP contribution in [0, 0.1) is 6.92 Å². The Hall–Kier alpha value is -2.40. The first-order valence-corrected chi connectivity index (χ1v) is 7.64. The van der Waals surface area contributed by atoms with Gasteiger partial charge in [0, 0.05) is 24.6 Å². The van der Waals surface area contributed by atoms with Gasteiger partial charge in [0.1, 0.15) is 11.5 Å². The summed E-state index contributed by atoms with van der Waals surface area (Å²) in [5, 5.41) is 3.12. The van der Waals surface area contributed by atoms with Gasteiger partial charge in [0.2, 0.25) is 5.91 Å². The molecule has 1 aliphatic rings. The minimum atomic E-state index is -0.310. The summed E-state index contributed by atoms with van der Waals surface area (Å²) >= 11 is 6.19. The van der Waals surface area contributed by atoms with Gasteiger partial charge in [-0.1, -0.05) is 11.6 Å². The van der Waals surface area contributed by atoms with Gasteiger partial charge in [-0.3, -0.25) is 4.79 Å². The van der Waals surface area contributed by atoms with Crippen LogP contribution in [-0.4, -0.2) is 19.1 Å². The maximum atomic E-state index is 12.0. The van der Waals surface area contributed by atoms with E-state index in [4.69, 9.17) is 25.5 Å². The molecule has 3 rings (SSSR count). The lowest BCUT2D eigenvalue weighted by molar-refractivity contribution is -0.111.